The van der Waals surface area contributed by atoms with Gasteiger partial charge in [-0.1, -0.05) is 22.8 Å². The molecule has 0 radical (unpaired) electrons. The Morgan fingerprint density at radius 1 is 1.25 bits per heavy atom. The van der Waals surface area contributed by atoms with Gasteiger partial charge in [-0.15, -0.1) is 0 Å². The van der Waals surface area contributed by atoms with Crippen molar-refractivity contribution in [3.63, 3.8) is 0 Å². The predicted octanol–water partition coefficient (Wildman–Crippen LogP) is 3.14. The third-order valence-electron chi connectivity index (χ3n) is 6.76. The first-order valence-corrected chi connectivity index (χ1v) is 12.3. The fourth-order valence-corrected chi connectivity index (χ4v) is 5.09. The minimum atomic E-state index is -1.14. The average Bonchev–Trinajstić information content (AvgIpc) is 3.34. The number of primary amides is 1. The molecule has 0 spiro atoms. The number of benzene rings is 1. The van der Waals surface area contributed by atoms with E-state index in [1.54, 1.807) is 17.9 Å². The Morgan fingerprint density at radius 3 is 2.61 bits per heavy atom. The number of aliphatic hydroxyl groups is 1. The average molecular weight is 518 g/mol. The van der Waals surface area contributed by atoms with Crippen LogP contribution in [0.2, 0.25) is 5.02 Å². The third-order valence-corrected chi connectivity index (χ3v) is 7.05. The summed E-state index contributed by atoms with van der Waals surface area (Å²) in [4.78, 5) is 40.2. The molecule has 1 saturated carbocycles. The summed E-state index contributed by atoms with van der Waals surface area (Å²) < 4.78 is 13.6. The van der Waals surface area contributed by atoms with Gasteiger partial charge >= 0.3 is 0 Å². The van der Waals surface area contributed by atoms with Gasteiger partial charge in [0, 0.05) is 19.0 Å². The number of amides is 2. The minimum Gasteiger partial charge on any atom is -0.391 e. The molecule has 0 unspecified atom stereocenters. The Morgan fingerprint density at radius 2 is 1.97 bits per heavy atom. The molecule has 2 heterocycles. The highest BCUT2D eigenvalue weighted by Crippen LogP contribution is 2.35. The first kappa shape index (κ1) is 26.0. The second kappa shape index (κ2) is 10.9. The number of nitrogens with two attached hydrogens (primary N) is 1. The second-order valence-corrected chi connectivity index (χ2v) is 9.80. The maximum absolute atomic E-state index is 13.6. The van der Waals surface area contributed by atoms with Crippen LogP contribution in [0.25, 0.3) is 0 Å². The van der Waals surface area contributed by atoms with Crippen LogP contribution in [0.3, 0.4) is 0 Å². The Hall–Kier alpha value is -3.11. The third kappa shape index (κ3) is 5.82. The lowest BCUT2D eigenvalue weighted by Gasteiger charge is -2.38. The number of rotatable bonds is 7. The highest BCUT2D eigenvalue weighted by molar-refractivity contribution is 6.30. The zero-order chi connectivity index (χ0) is 26.0. The van der Waals surface area contributed by atoms with Crippen molar-refractivity contribution >= 4 is 29.1 Å². The Kier molecular flexibility index (Phi) is 7.85. The molecule has 1 aromatic heterocycles. The van der Waals surface area contributed by atoms with Crippen LogP contribution >= 0.6 is 11.6 Å². The Bertz CT molecular complexity index is 1180. The van der Waals surface area contributed by atoms with Crippen molar-refractivity contribution in [1.82, 2.24) is 14.9 Å². The van der Waals surface area contributed by atoms with Gasteiger partial charge < -0.3 is 20.6 Å². The van der Waals surface area contributed by atoms with Crippen molar-refractivity contribution < 1.29 is 23.9 Å². The predicted molar refractivity (Wildman–Crippen MR) is 131 cm³/mol. The van der Waals surface area contributed by atoms with Crippen molar-refractivity contribution in [2.45, 2.75) is 70.7 Å². The van der Waals surface area contributed by atoms with E-state index >= 15 is 0 Å². The number of aryl methyl sites for hydroxylation is 1. The summed E-state index contributed by atoms with van der Waals surface area (Å²) in [6, 6.07) is 5.84. The molecule has 0 saturated heterocycles. The summed E-state index contributed by atoms with van der Waals surface area (Å²) in [5.74, 6) is -0.861. The summed E-state index contributed by atoms with van der Waals surface area (Å²) in [7, 11) is 0. The van der Waals surface area contributed by atoms with Crippen molar-refractivity contribution in [3.05, 3.63) is 57.9 Å². The van der Waals surface area contributed by atoms with Crippen LogP contribution in [-0.2, 0) is 16.2 Å². The molecule has 1 aliphatic carbocycles. The van der Waals surface area contributed by atoms with Crippen LogP contribution in [0.1, 0.15) is 66.6 Å². The van der Waals surface area contributed by atoms with Crippen LogP contribution in [0.4, 0.5) is 4.39 Å². The maximum Gasteiger partial charge on any atom is 0.267 e. The van der Waals surface area contributed by atoms with E-state index in [-0.39, 0.29) is 41.2 Å². The highest BCUT2D eigenvalue weighted by atomic mass is 35.5. The Labute approximate surface area is 213 Å². The van der Waals surface area contributed by atoms with Crippen molar-refractivity contribution in [3.8, 4) is 0 Å². The van der Waals surface area contributed by atoms with Gasteiger partial charge in [-0.3, -0.25) is 9.59 Å². The monoisotopic (exact) mass is 517 g/mol. The van der Waals surface area contributed by atoms with E-state index in [9.17, 15) is 19.1 Å². The zero-order valence-electron chi connectivity index (χ0n) is 20.2. The fraction of sp³-hybridized carbons (Fsp3) is 0.480. The molecule has 11 heteroatoms. The van der Waals surface area contributed by atoms with Crippen molar-refractivity contribution in [2.24, 2.45) is 16.8 Å². The van der Waals surface area contributed by atoms with Gasteiger partial charge in [-0.25, -0.2) is 14.4 Å². The van der Waals surface area contributed by atoms with E-state index in [1.165, 1.54) is 25.1 Å². The van der Waals surface area contributed by atoms with E-state index in [0.717, 1.165) is 25.7 Å². The molecule has 3 N–H and O–H groups in total. The molecule has 36 heavy (non-hydrogen) atoms. The minimum absolute atomic E-state index is 0.00308. The molecule has 2 amide bonds. The van der Waals surface area contributed by atoms with Crippen molar-refractivity contribution in [2.75, 3.05) is 0 Å². The first-order chi connectivity index (χ1) is 17.1. The number of nitrogens with zero attached hydrogens (tertiary/aromatic N) is 4. The van der Waals surface area contributed by atoms with E-state index in [2.05, 4.69) is 15.1 Å². The maximum atomic E-state index is 13.6. The molecule has 9 nitrogen and oxygen atoms in total. The molecule has 2 aromatic rings. The molecule has 0 bridgehead atoms. The summed E-state index contributed by atoms with van der Waals surface area (Å²) >= 11 is 5.92. The standard InChI is InChI=1S/C25H29ClFN5O4/c1-13(33)25(35)32(12-15-3-8-19(27)18(26)9-15)17-6-4-16(5-7-17)23-11-21(31-36-23)20-10-22(24(28)34)30-14(2)29-20/h3,8-10,13,16-17,23,33H,4-7,11-12H2,1-2H3,(H2,28,34)/t13-,16?,17?,23-/m0/s1. The molecule has 2 aliphatic rings. The molecule has 1 aromatic carbocycles. The first-order valence-electron chi connectivity index (χ1n) is 11.9. The van der Waals surface area contributed by atoms with Crippen LogP contribution in [0.5, 0.6) is 0 Å². The number of halogens is 2. The molecule has 192 valence electrons. The van der Waals surface area contributed by atoms with Crippen LogP contribution in [0.15, 0.2) is 29.4 Å². The van der Waals surface area contributed by atoms with Gasteiger partial charge in [0.05, 0.1) is 10.7 Å². The molecule has 1 aliphatic heterocycles. The van der Waals surface area contributed by atoms with Gasteiger partial charge in [0.25, 0.3) is 11.8 Å². The molecule has 4 rings (SSSR count). The summed E-state index contributed by atoms with van der Waals surface area (Å²) in [6.07, 6.45) is 2.34. The number of aromatic nitrogens is 2. The Balaban J connectivity index is 1.39. The summed E-state index contributed by atoms with van der Waals surface area (Å²) in [6.45, 7) is 3.37. The number of hydrogen-bond acceptors (Lipinski definition) is 7. The SMILES string of the molecule is Cc1nc(C(N)=O)cc(C2=NO[C@H](C3CCC(N(Cc4ccc(F)c(Cl)c4)C(=O)[C@H](C)O)CC3)C2)n1. The molecular formula is C25H29ClFN5O4. The van der Waals surface area contributed by atoms with E-state index in [4.69, 9.17) is 22.2 Å². The van der Waals surface area contributed by atoms with E-state index in [1.807, 2.05) is 0 Å². The molecular weight excluding hydrogens is 489 g/mol. The van der Waals surface area contributed by atoms with E-state index in [0.29, 0.717) is 29.2 Å². The number of oxime groups is 1. The number of carbonyl (C=O) groups excluding carboxylic acids is 2. The summed E-state index contributed by atoms with van der Waals surface area (Å²) in [5, 5.41) is 14.2. The molecule has 2 atom stereocenters. The normalized spacial score (nSPS) is 22.5. The number of carbonyl (C=O) groups is 2. The van der Waals surface area contributed by atoms with Gasteiger partial charge in [0.2, 0.25) is 0 Å². The van der Waals surface area contributed by atoms with Crippen molar-refractivity contribution in [1.29, 1.82) is 0 Å². The number of aliphatic hydroxyl groups excluding tert-OH is 1. The topological polar surface area (TPSA) is 131 Å². The summed E-state index contributed by atoms with van der Waals surface area (Å²) in [5.41, 5.74) is 7.37. The van der Waals surface area contributed by atoms with Gasteiger partial charge in [0.1, 0.15) is 35.3 Å². The lowest BCUT2D eigenvalue weighted by Crippen LogP contribution is -2.46. The quantitative estimate of drug-likeness (QED) is 0.580. The largest absolute Gasteiger partial charge is 0.391 e. The van der Waals surface area contributed by atoms with E-state index < -0.39 is 17.8 Å². The zero-order valence-corrected chi connectivity index (χ0v) is 20.9. The fourth-order valence-electron chi connectivity index (χ4n) is 4.89. The second-order valence-electron chi connectivity index (χ2n) is 9.40. The van der Waals surface area contributed by atoms with Gasteiger partial charge in [-0.2, -0.15) is 0 Å². The number of hydrogen-bond donors (Lipinski definition) is 2. The molecule has 1 fully saturated rings. The highest BCUT2D eigenvalue weighted by Gasteiger charge is 2.37. The van der Waals surface area contributed by atoms with Gasteiger partial charge in [-0.05, 0) is 69.2 Å². The van der Waals surface area contributed by atoms with Gasteiger partial charge in [0.15, 0.2) is 0 Å². The van der Waals surface area contributed by atoms with Crippen LogP contribution < -0.4 is 5.73 Å². The van der Waals surface area contributed by atoms with Crippen LogP contribution in [-0.4, -0.2) is 55.8 Å². The lowest BCUT2D eigenvalue weighted by atomic mass is 9.80. The van der Waals surface area contributed by atoms with Crippen LogP contribution in [0, 0.1) is 18.7 Å². The lowest BCUT2D eigenvalue weighted by molar-refractivity contribution is -0.143. The smallest absolute Gasteiger partial charge is 0.267 e.